The van der Waals surface area contributed by atoms with Crippen LogP contribution in [0.5, 0.6) is 5.75 Å². The maximum Gasteiger partial charge on any atom is 0.123 e. The summed E-state index contributed by atoms with van der Waals surface area (Å²) in [6.45, 7) is 3.58. The summed E-state index contributed by atoms with van der Waals surface area (Å²) in [5.74, 6) is 1.90. The number of imidazole rings is 1. The lowest BCUT2D eigenvalue weighted by Gasteiger charge is -2.13. The van der Waals surface area contributed by atoms with Gasteiger partial charge in [-0.3, -0.25) is 0 Å². The average Bonchev–Trinajstić information content (AvgIpc) is 2.72. The van der Waals surface area contributed by atoms with Gasteiger partial charge in [-0.1, -0.05) is 15.9 Å². The molecule has 0 unspecified atom stereocenters. The van der Waals surface area contributed by atoms with Crippen molar-refractivity contribution in [1.82, 2.24) is 14.9 Å². The topological polar surface area (TPSA) is 39.1 Å². The number of methoxy groups -OCH3 is 1. The minimum atomic E-state index is 0.755. The van der Waals surface area contributed by atoms with Gasteiger partial charge in [-0.25, -0.2) is 4.98 Å². The second-order valence-electron chi connectivity index (χ2n) is 4.37. The molecular weight excluding hydrogens is 306 g/mol. The van der Waals surface area contributed by atoms with Gasteiger partial charge in [-0.2, -0.15) is 0 Å². The summed E-state index contributed by atoms with van der Waals surface area (Å²) < 4.78 is 8.67. The molecule has 19 heavy (non-hydrogen) atoms. The number of aromatic nitrogens is 2. The van der Waals surface area contributed by atoms with Gasteiger partial charge in [-0.05, 0) is 32.2 Å². The first-order valence-corrected chi connectivity index (χ1v) is 6.93. The molecule has 1 aromatic heterocycles. The fourth-order valence-corrected chi connectivity index (χ4v) is 2.50. The van der Waals surface area contributed by atoms with Gasteiger partial charge in [0.25, 0.3) is 0 Å². The van der Waals surface area contributed by atoms with E-state index in [-0.39, 0.29) is 0 Å². The molecule has 1 N–H and O–H groups in total. The Hall–Kier alpha value is -1.33. The summed E-state index contributed by atoms with van der Waals surface area (Å²) in [7, 11) is 3.63. The number of benzene rings is 1. The zero-order valence-electron chi connectivity index (χ0n) is 11.4. The number of hydrogen-bond donors (Lipinski definition) is 1. The van der Waals surface area contributed by atoms with Crippen molar-refractivity contribution >= 4 is 15.9 Å². The highest BCUT2D eigenvalue weighted by Gasteiger charge is 2.10. The van der Waals surface area contributed by atoms with E-state index < -0.39 is 0 Å². The molecule has 0 amide bonds. The van der Waals surface area contributed by atoms with Crippen molar-refractivity contribution in [3.8, 4) is 5.75 Å². The third-order valence-corrected chi connectivity index (χ3v) is 3.56. The van der Waals surface area contributed by atoms with Crippen molar-refractivity contribution in [3.05, 3.63) is 46.0 Å². The quantitative estimate of drug-likeness (QED) is 0.919. The summed E-state index contributed by atoms with van der Waals surface area (Å²) >= 11 is 3.50. The van der Waals surface area contributed by atoms with Gasteiger partial charge in [0.1, 0.15) is 11.6 Å². The first-order chi connectivity index (χ1) is 9.15. The fourth-order valence-electron chi connectivity index (χ4n) is 2.09. The average molecular weight is 324 g/mol. The molecule has 2 aromatic rings. The lowest BCUT2D eigenvalue weighted by Crippen LogP contribution is -2.13. The zero-order valence-corrected chi connectivity index (χ0v) is 13.0. The molecule has 0 atom stereocenters. The Bertz CT molecular complexity index is 566. The molecular formula is C14H18BrN3O. The molecule has 1 heterocycles. The standard InChI is InChI=1S/C14H18BrN3O/c1-10-17-8-13(7-16-2)18(10)9-11-6-12(15)4-5-14(11)19-3/h4-6,8,16H,7,9H2,1-3H3. The molecule has 0 spiro atoms. The van der Waals surface area contributed by atoms with Crippen LogP contribution in [-0.2, 0) is 13.1 Å². The molecule has 0 saturated carbocycles. The van der Waals surface area contributed by atoms with Crippen molar-refractivity contribution < 1.29 is 4.74 Å². The van der Waals surface area contributed by atoms with Crippen LogP contribution >= 0.6 is 15.9 Å². The molecule has 0 saturated heterocycles. The van der Waals surface area contributed by atoms with E-state index in [0.717, 1.165) is 34.7 Å². The van der Waals surface area contributed by atoms with Crippen LogP contribution in [0.2, 0.25) is 0 Å². The van der Waals surface area contributed by atoms with Gasteiger partial charge in [0.15, 0.2) is 0 Å². The maximum absolute atomic E-state index is 5.42. The van der Waals surface area contributed by atoms with E-state index >= 15 is 0 Å². The van der Waals surface area contributed by atoms with Crippen LogP contribution in [0.3, 0.4) is 0 Å². The molecule has 4 nitrogen and oxygen atoms in total. The predicted octanol–water partition coefficient (Wildman–Crippen LogP) is 2.73. The fraction of sp³-hybridized carbons (Fsp3) is 0.357. The lowest BCUT2D eigenvalue weighted by atomic mass is 10.2. The molecule has 1 aromatic carbocycles. The van der Waals surface area contributed by atoms with Crippen LogP contribution in [0.25, 0.3) is 0 Å². The van der Waals surface area contributed by atoms with Gasteiger partial charge in [0.05, 0.1) is 19.3 Å². The Labute approximate surface area is 121 Å². The van der Waals surface area contributed by atoms with E-state index in [0.29, 0.717) is 0 Å². The van der Waals surface area contributed by atoms with Crippen LogP contribution in [-0.4, -0.2) is 23.7 Å². The van der Waals surface area contributed by atoms with Crippen molar-refractivity contribution in [2.45, 2.75) is 20.0 Å². The molecule has 0 aliphatic rings. The molecule has 2 rings (SSSR count). The zero-order chi connectivity index (χ0) is 13.8. The normalized spacial score (nSPS) is 10.7. The van der Waals surface area contributed by atoms with Crippen molar-refractivity contribution in [1.29, 1.82) is 0 Å². The summed E-state index contributed by atoms with van der Waals surface area (Å²) in [4.78, 5) is 4.38. The maximum atomic E-state index is 5.42. The van der Waals surface area contributed by atoms with E-state index in [1.807, 2.05) is 32.3 Å². The highest BCUT2D eigenvalue weighted by Crippen LogP contribution is 2.24. The highest BCUT2D eigenvalue weighted by atomic mass is 79.9. The SMILES string of the molecule is CNCc1cnc(C)n1Cc1cc(Br)ccc1OC. The number of ether oxygens (including phenoxy) is 1. The number of nitrogens with zero attached hydrogens (tertiary/aromatic N) is 2. The van der Waals surface area contributed by atoms with E-state index in [4.69, 9.17) is 4.74 Å². The van der Waals surface area contributed by atoms with Crippen molar-refractivity contribution in [3.63, 3.8) is 0 Å². The second-order valence-corrected chi connectivity index (χ2v) is 5.29. The van der Waals surface area contributed by atoms with Crippen molar-refractivity contribution in [2.75, 3.05) is 14.2 Å². The van der Waals surface area contributed by atoms with E-state index in [1.54, 1.807) is 7.11 Å². The molecule has 0 aliphatic carbocycles. The van der Waals surface area contributed by atoms with Crippen LogP contribution in [0.1, 0.15) is 17.1 Å². The third-order valence-electron chi connectivity index (χ3n) is 3.07. The third kappa shape index (κ3) is 3.16. The molecule has 0 aliphatic heterocycles. The van der Waals surface area contributed by atoms with Gasteiger partial charge in [0, 0.05) is 22.8 Å². The summed E-state index contributed by atoms with van der Waals surface area (Å²) in [5, 5.41) is 3.16. The van der Waals surface area contributed by atoms with Crippen LogP contribution in [0.4, 0.5) is 0 Å². The predicted molar refractivity (Wildman–Crippen MR) is 79.5 cm³/mol. The van der Waals surface area contributed by atoms with Gasteiger partial charge >= 0.3 is 0 Å². The summed E-state index contributed by atoms with van der Waals surface area (Å²) in [5.41, 5.74) is 2.30. The summed E-state index contributed by atoms with van der Waals surface area (Å²) in [6, 6.07) is 6.04. The number of rotatable bonds is 5. The highest BCUT2D eigenvalue weighted by molar-refractivity contribution is 9.10. The lowest BCUT2D eigenvalue weighted by molar-refractivity contribution is 0.407. The second kappa shape index (κ2) is 6.21. The van der Waals surface area contributed by atoms with Gasteiger partial charge < -0.3 is 14.6 Å². The van der Waals surface area contributed by atoms with Crippen LogP contribution < -0.4 is 10.1 Å². The van der Waals surface area contributed by atoms with Crippen LogP contribution in [0, 0.1) is 6.92 Å². The van der Waals surface area contributed by atoms with Crippen molar-refractivity contribution in [2.24, 2.45) is 0 Å². The molecule has 0 radical (unpaired) electrons. The van der Waals surface area contributed by atoms with Gasteiger partial charge in [0.2, 0.25) is 0 Å². The smallest absolute Gasteiger partial charge is 0.123 e. The molecule has 5 heteroatoms. The van der Waals surface area contributed by atoms with E-state index in [1.165, 1.54) is 5.69 Å². The number of nitrogens with one attached hydrogen (secondary N) is 1. The first-order valence-electron chi connectivity index (χ1n) is 6.13. The number of aryl methyl sites for hydroxylation is 1. The Kier molecular flexibility index (Phi) is 4.61. The minimum Gasteiger partial charge on any atom is -0.496 e. The number of hydrogen-bond acceptors (Lipinski definition) is 3. The minimum absolute atomic E-state index is 0.755. The van der Waals surface area contributed by atoms with E-state index in [2.05, 4.69) is 36.9 Å². The Balaban J connectivity index is 2.35. The molecule has 0 bridgehead atoms. The Morgan fingerprint density at radius 2 is 2.21 bits per heavy atom. The van der Waals surface area contributed by atoms with E-state index in [9.17, 15) is 0 Å². The molecule has 0 fully saturated rings. The largest absolute Gasteiger partial charge is 0.496 e. The molecule has 102 valence electrons. The summed E-state index contributed by atoms with van der Waals surface area (Å²) in [6.07, 6.45) is 1.91. The Morgan fingerprint density at radius 3 is 2.89 bits per heavy atom. The Morgan fingerprint density at radius 1 is 1.42 bits per heavy atom. The first kappa shape index (κ1) is 14.1. The van der Waals surface area contributed by atoms with Gasteiger partial charge in [-0.15, -0.1) is 0 Å². The number of halogens is 1. The monoisotopic (exact) mass is 323 g/mol. The van der Waals surface area contributed by atoms with Crippen LogP contribution in [0.15, 0.2) is 28.9 Å².